The lowest BCUT2D eigenvalue weighted by molar-refractivity contribution is -0.139. The number of urea groups is 1. The minimum Gasteiger partial charge on any atom is -0.480 e. The number of carbonyl (C=O) groups is 2. The van der Waals surface area contributed by atoms with E-state index >= 15 is 0 Å². The fraction of sp³-hybridized carbons (Fsp3) is 0.867. The first-order valence-corrected chi connectivity index (χ1v) is 7.80. The van der Waals surface area contributed by atoms with Crippen LogP contribution >= 0.6 is 0 Å². The van der Waals surface area contributed by atoms with Crippen LogP contribution in [0, 0.1) is 11.8 Å². The minimum atomic E-state index is -0.981. The maximum atomic E-state index is 11.8. The van der Waals surface area contributed by atoms with Gasteiger partial charge in [-0.3, -0.25) is 0 Å². The number of hydrogen-bond donors (Lipinski definition) is 3. The molecule has 0 aromatic rings. The Bertz CT molecular complexity index is 358. The first kappa shape index (κ1) is 17.8. The Labute approximate surface area is 127 Å². The molecule has 0 aromatic carbocycles. The molecule has 122 valence electrons. The number of carbonyl (C=O) groups excluding carboxylic acids is 1. The molecular formula is C15H29N3O3. The summed E-state index contributed by atoms with van der Waals surface area (Å²) < 4.78 is 0. The molecule has 0 bridgehead atoms. The van der Waals surface area contributed by atoms with Gasteiger partial charge >= 0.3 is 12.0 Å². The predicted molar refractivity (Wildman–Crippen MR) is 82.2 cm³/mol. The van der Waals surface area contributed by atoms with Gasteiger partial charge in [0.15, 0.2) is 0 Å². The van der Waals surface area contributed by atoms with Gasteiger partial charge in [-0.25, -0.2) is 9.59 Å². The van der Waals surface area contributed by atoms with E-state index in [1.165, 1.54) is 0 Å². The highest BCUT2D eigenvalue weighted by Gasteiger charge is 2.25. The van der Waals surface area contributed by atoms with Crippen LogP contribution in [0.25, 0.3) is 0 Å². The van der Waals surface area contributed by atoms with Gasteiger partial charge in [-0.05, 0) is 45.1 Å². The topological polar surface area (TPSA) is 81.7 Å². The van der Waals surface area contributed by atoms with Crippen LogP contribution in [0.4, 0.5) is 4.79 Å². The Morgan fingerprint density at radius 1 is 1.29 bits per heavy atom. The third kappa shape index (κ3) is 6.33. The highest BCUT2D eigenvalue weighted by molar-refractivity contribution is 5.82. The first-order valence-electron chi connectivity index (χ1n) is 7.80. The molecule has 6 heteroatoms. The van der Waals surface area contributed by atoms with Crippen LogP contribution in [0.5, 0.6) is 0 Å². The van der Waals surface area contributed by atoms with Gasteiger partial charge < -0.3 is 20.6 Å². The largest absolute Gasteiger partial charge is 0.480 e. The zero-order valence-electron chi connectivity index (χ0n) is 13.6. The summed E-state index contributed by atoms with van der Waals surface area (Å²) >= 11 is 0. The lowest BCUT2D eigenvalue weighted by Crippen LogP contribution is -2.47. The number of hydrogen-bond acceptors (Lipinski definition) is 3. The van der Waals surface area contributed by atoms with Gasteiger partial charge in [0.05, 0.1) is 0 Å². The minimum absolute atomic E-state index is 0.223. The third-order valence-electron chi connectivity index (χ3n) is 3.91. The predicted octanol–water partition coefficient (Wildman–Crippen LogP) is 1.52. The van der Waals surface area contributed by atoms with Crippen molar-refractivity contribution in [3.05, 3.63) is 0 Å². The number of nitrogens with one attached hydrogen (secondary N) is 2. The van der Waals surface area contributed by atoms with Crippen molar-refractivity contribution in [2.24, 2.45) is 11.8 Å². The molecule has 1 aliphatic rings. The molecule has 0 saturated carbocycles. The van der Waals surface area contributed by atoms with E-state index in [0.29, 0.717) is 24.9 Å². The summed E-state index contributed by atoms with van der Waals surface area (Å²) in [6, 6.07) is -0.668. The highest BCUT2D eigenvalue weighted by Crippen LogP contribution is 2.17. The van der Waals surface area contributed by atoms with Crippen molar-refractivity contribution >= 4 is 12.0 Å². The molecule has 0 radical (unpaired) electrons. The molecule has 0 spiro atoms. The number of nitrogens with zero attached hydrogens (tertiary/aromatic N) is 1. The summed E-state index contributed by atoms with van der Waals surface area (Å²) in [5.74, 6) is -0.307. The maximum absolute atomic E-state index is 11.8. The summed E-state index contributed by atoms with van der Waals surface area (Å²) in [5.41, 5.74) is 0. The molecule has 1 fully saturated rings. The molecule has 1 heterocycles. The smallest absolute Gasteiger partial charge is 0.326 e. The van der Waals surface area contributed by atoms with Crippen LogP contribution in [0.15, 0.2) is 0 Å². The number of likely N-dealkylation sites (tertiary alicyclic amines) is 1. The van der Waals surface area contributed by atoms with Gasteiger partial charge in [-0.15, -0.1) is 0 Å². The molecule has 0 aromatic heterocycles. The number of carboxylic acids is 1. The summed E-state index contributed by atoms with van der Waals surface area (Å²) in [6.07, 6.45) is 1.51. The van der Waals surface area contributed by atoms with Gasteiger partial charge in [-0.1, -0.05) is 13.8 Å². The second-order valence-corrected chi connectivity index (χ2v) is 6.62. The van der Waals surface area contributed by atoms with Crippen LogP contribution in [-0.4, -0.2) is 53.7 Å². The monoisotopic (exact) mass is 299 g/mol. The van der Waals surface area contributed by atoms with Crippen LogP contribution in [0.2, 0.25) is 0 Å². The standard InChI is InChI=1S/C15H29N3O3/c1-10(2)7-13(14(19)20)17-15(21)16-8-12-5-6-18(9-12)11(3)4/h10-13H,5-9H2,1-4H3,(H,19,20)(H2,16,17,21). The Hall–Kier alpha value is -1.30. The van der Waals surface area contributed by atoms with Crippen molar-refractivity contribution in [3.63, 3.8) is 0 Å². The van der Waals surface area contributed by atoms with Crippen molar-refractivity contribution < 1.29 is 14.7 Å². The molecule has 21 heavy (non-hydrogen) atoms. The first-order chi connectivity index (χ1) is 9.79. The van der Waals surface area contributed by atoms with Crippen molar-refractivity contribution in [1.29, 1.82) is 0 Å². The van der Waals surface area contributed by atoms with Gasteiger partial charge in [-0.2, -0.15) is 0 Å². The van der Waals surface area contributed by atoms with E-state index in [-0.39, 0.29) is 11.9 Å². The summed E-state index contributed by atoms with van der Waals surface area (Å²) in [5, 5.41) is 14.4. The Morgan fingerprint density at radius 2 is 1.95 bits per heavy atom. The fourth-order valence-electron chi connectivity index (χ4n) is 2.64. The molecule has 0 aliphatic carbocycles. The Morgan fingerprint density at radius 3 is 2.43 bits per heavy atom. The van der Waals surface area contributed by atoms with Gasteiger partial charge in [0.1, 0.15) is 6.04 Å². The van der Waals surface area contributed by atoms with Crippen LogP contribution < -0.4 is 10.6 Å². The second kappa shape index (κ2) is 8.22. The van der Waals surface area contributed by atoms with Crippen molar-refractivity contribution in [1.82, 2.24) is 15.5 Å². The third-order valence-corrected chi connectivity index (χ3v) is 3.91. The van der Waals surface area contributed by atoms with E-state index < -0.39 is 12.0 Å². The summed E-state index contributed by atoms with van der Waals surface area (Å²) in [6.45, 7) is 10.9. The van der Waals surface area contributed by atoms with Crippen LogP contribution in [0.3, 0.4) is 0 Å². The number of carboxylic acid groups (broad SMARTS) is 1. The van der Waals surface area contributed by atoms with E-state index in [1.54, 1.807) is 0 Å². The van der Waals surface area contributed by atoms with E-state index in [4.69, 9.17) is 5.11 Å². The lowest BCUT2D eigenvalue weighted by Gasteiger charge is -2.21. The van der Waals surface area contributed by atoms with Gasteiger partial charge in [0, 0.05) is 19.1 Å². The molecule has 1 aliphatic heterocycles. The number of amides is 2. The molecule has 2 atom stereocenters. The normalized spacial score (nSPS) is 20.8. The summed E-state index contributed by atoms with van der Waals surface area (Å²) in [7, 11) is 0. The zero-order valence-corrected chi connectivity index (χ0v) is 13.6. The molecule has 3 N–H and O–H groups in total. The van der Waals surface area contributed by atoms with E-state index in [1.807, 2.05) is 13.8 Å². The van der Waals surface area contributed by atoms with Crippen molar-refractivity contribution in [2.75, 3.05) is 19.6 Å². The molecule has 6 nitrogen and oxygen atoms in total. The SMILES string of the molecule is CC(C)CC(NC(=O)NCC1CCN(C(C)C)C1)C(=O)O. The van der Waals surface area contributed by atoms with E-state index in [0.717, 1.165) is 19.5 Å². The molecule has 2 unspecified atom stereocenters. The fourth-order valence-corrected chi connectivity index (χ4v) is 2.64. The number of aliphatic carboxylic acids is 1. The van der Waals surface area contributed by atoms with Crippen LogP contribution in [-0.2, 0) is 4.79 Å². The van der Waals surface area contributed by atoms with Crippen molar-refractivity contribution in [2.45, 2.75) is 52.6 Å². The average Bonchev–Trinajstić information content (AvgIpc) is 2.83. The van der Waals surface area contributed by atoms with Crippen LogP contribution in [0.1, 0.15) is 40.5 Å². The average molecular weight is 299 g/mol. The molecule has 1 saturated heterocycles. The van der Waals surface area contributed by atoms with E-state index in [9.17, 15) is 9.59 Å². The van der Waals surface area contributed by atoms with Gasteiger partial charge in [0.2, 0.25) is 0 Å². The zero-order chi connectivity index (χ0) is 16.0. The Kier molecular flexibility index (Phi) is 6.95. The Balaban J connectivity index is 2.32. The van der Waals surface area contributed by atoms with Crippen molar-refractivity contribution in [3.8, 4) is 0 Å². The summed E-state index contributed by atoms with van der Waals surface area (Å²) in [4.78, 5) is 25.3. The second-order valence-electron chi connectivity index (χ2n) is 6.62. The maximum Gasteiger partial charge on any atom is 0.326 e. The number of rotatable bonds is 7. The quantitative estimate of drug-likeness (QED) is 0.665. The highest BCUT2D eigenvalue weighted by atomic mass is 16.4. The van der Waals surface area contributed by atoms with E-state index in [2.05, 4.69) is 29.4 Å². The molecular weight excluding hydrogens is 270 g/mol. The molecule has 2 amide bonds. The lowest BCUT2D eigenvalue weighted by atomic mass is 10.0. The molecule has 1 rings (SSSR count). The van der Waals surface area contributed by atoms with Gasteiger partial charge in [0.25, 0.3) is 0 Å².